The van der Waals surface area contributed by atoms with E-state index in [1.54, 1.807) is 6.92 Å². The minimum atomic E-state index is -4.83. The van der Waals surface area contributed by atoms with E-state index in [1.807, 2.05) is 0 Å². The summed E-state index contributed by atoms with van der Waals surface area (Å²) >= 11 is 0. The van der Waals surface area contributed by atoms with E-state index in [2.05, 4.69) is 5.10 Å². The van der Waals surface area contributed by atoms with Crippen LogP contribution in [0.25, 0.3) is 22.3 Å². The van der Waals surface area contributed by atoms with Crippen molar-refractivity contribution in [1.29, 1.82) is 0 Å². The van der Waals surface area contributed by atoms with Gasteiger partial charge in [-0.3, -0.25) is 9.35 Å². The Balaban J connectivity index is 2.52. The van der Waals surface area contributed by atoms with Gasteiger partial charge in [0.2, 0.25) is 0 Å². The van der Waals surface area contributed by atoms with Crippen molar-refractivity contribution >= 4 is 20.0 Å². The van der Waals surface area contributed by atoms with Gasteiger partial charge in [0.05, 0.1) is 22.2 Å². The number of benzene rings is 2. The number of alkyl halides is 3. The first-order valence-corrected chi connectivity index (χ1v) is 12.4. The summed E-state index contributed by atoms with van der Waals surface area (Å²) in [4.78, 5) is 11.7. The maximum Gasteiger partial charge on any atom is 0.416 e. The third-order valence-electron chi connectivity index (χ3n) is 4.82. The molecule has 0 bridgehead atoms. The molecule has 1 N–H and O–H groups in total. The van der Waals surface area contributed by atoms with Crippen LogP contribution in [-0.4, -0.2) is 37.4 Å². The Bertz CT molecular complexity index is 1540. The lowest BCUT2D eigenvalue weighted by Gasteiger charge is -2.17. The molecule has 8 nitrogen and oxygen atoms in total. The number of sulfone groups is 1. The van der Waals surface area contributed by atoms with Gasteiger partial charge in [0.15, 0.2) is 9.84 Å². The Labute approximate surface area is 187 Å². The van der Waals surface area contributed by atoms with E-state index in [-0.39, 0.29) is 22.3 Å². The molecule has 2 aromatic carbocycles. The van der Waals surface area contributed by atoms with Gasteiger partial charge in [0.25, 0.3) is 15.7 Å². The molecule has 0 aliphatic heterocycles. The molecule has 0 saturated carbocycles. The van der Waals surface area contributed by atoms with Crippen LogP contribution in [-0.2, 0) is 33.2 Å². The van der Waals surface area contributed by atoms with E-state index < -0.39 is 47.0 Å². The molecule has 0 atom stereocenters. The van der Waals surface area contributed by atoms with Gasteiger partial charge in [0.1, 0.15) is 4.90 Å². The fourth-order valence-electron chi connectivity index (χ4n) is 3.29. The number of hydrogen-bond acceptors (Lipinski definition) is 6. The Hall–Kier alpha value is -3.03. The highest BCUT2D eigenvalue weighted by atomic mass is 32.2. The first-order valence-electron chi connectivity index (χ1n) is 9.08. The molecule has 0 spiro atoms. The van der Waals surface area contributed by atoms with Gasteiger partial charge >= 0.3 is 6.18 Å². The predicted molar refractivity (Wildman–Crippen MR) is 113 cm³/mol. The molecule has 13 heteroatoms. The van der Waals surface area contributed by atoms with E-state index >= 15 is 0 Å². The standard InChI is InChI=1S/C20H17F3N2O6S2/c1-11-4-7-16(33(29,30)31)14(8-11)18-15(10-24-25(2)19(18)26)13-6-5-12(20(21,22)23)9-17(13)32(3,27)28/h4-10H,1-3H3,(H,29,30,31). The molecule has 33 heavy (non-hydrogen) atoms. The minimum Gasteiger partial charge on any atom is -0.282 e. The monoisotopic (exact) mass is 502 g/mol. The van der Waals surface area contributed by atoms with Gasteiger partial charge in [-0.2, -0.15) is 26.7 Å². The molecule has 1 aromatic heterocycles. The fraction of sp³-hybridized carbons (Fsp3) is 0.200. The zero-order chi connectivity index (χ0) is 24.9. The van der Waals surface area contributed by atoms with Crippen LogP contribution in [0.5, 0.6) is 0 Å². The van der Waals surface area contributed by atoms with E-state index in [1.165, 1.54) is 19.2 Å². The zero-order valence-electron chi connectivity index (χ0n) is 17.4. The third kappa shape index (κ3) is 4.84. The molecule has 0 saturated heterocycles. The molecule has 0 amide bonds. The fourth-order valence-corrected chi connectivity index (χ4v) is 4.89. The Kier molecular flexibility index (Phi) is 6.02. The average molecular weight is 502 g/mol. The largest absolute Gasteiger partial charge is 0.416 e. The zero-order valence-corrected chi connectivity index (χ0v) is 19.0. The van der Waals surface area contributed by atoms with Gasteiger partial charge in [-0.05, 0) is 31.2 Å². The normalized spacial score (nSPS) is 12.7. The molecule has 0 unspecified atom stereocenters. The smallest absolute Gasteiger partial charge is 0.282 e. The highest BCUT2D eigenvalue weighted by Crippen LogP contribution is 2.39. The molecule has 0 aliphatic carbocycles. The number of aromatic nitrogens is 2. The van der Waals surface area contributed by atoms with Crippen LogP contribution in [0.1, 0.15) is 11.1 Å². The van der Waals surface area contributed by atoms with Crippen molar-refractivity contribution in [3.8, 4) is 22.3 Å². The number of hydrogen-bond donors (Lipinski definition) is 1. The van der Waals surface area contributed by atoms with Crippen molar-refractivity contribution in [2.24, 2.45) is 7.05 Å². The first kappa shape index (κ1) is 24.6. The molecular formula is C20H17F3N2O6S2. The van der Waals surface area contributed by atoms with Crippen molar-refractivity contribution < 1.29 is 34.6 Å². The molecule has 3 rings (SSSR count). The summed E-state index contributed by atoms with van der Waals surface area (Å²) in [5.41, 5.74) is -2.70. The quantitative estimate of drug-likeness (QED) is 0.544. The van der Waals surface area contributed by atoms with Gasteiger partial charge in [-0.25, -0.2) is 13.1 Å². The summed E-state index contributed by atoms with van der Waals surface area (Å²) in [5.74, 6) is 0. The Morgan fingerprint density at radius 3 is 2.12 bits per heavy atom. The van der Waals surface area contributed by atoms with E-state index in [0.29, 0.717) is 24.0 Å². The lowest BCUT2D eigenvalue weighted by atomic mass is 9.95. The molecule has 1 heterocycles. The molecular weight excluding hydrogens is 485 g/mol. The first-order chi connectivity index (χ1) is 15.0. The lowest BCUT2D eigenvalue weighted by Crippen LogP contribution is -2.23. The highest BCUT2D eigenvalue weighted by Gasteiger charge is 2.33. The second-order valence-electron chi connectivity index (χ2n) is 7.32. The van der Waals surface area contributed by atoms with Gasteiger partial charge in [0, 0.05) is 30.0 Å². The average Bonchev–Trinajstić information content (AvgIpc) is 2.67. The number of aryl methyl sites for hydroxylation is 2. The van der Waals surface area contributed by atoms with Crippen molar-refractivity contribution in [2.75, 3.05) is 6.26 Å². The number of rotatable bonds is 4. The summed E-state index contributed by atoms with van der Waals surface area (Å²) in [6, 6.07) is 5.68. The number of nitrogens with zero attached hydrogens (tertiary/aromatic N) is 2. The summed E-state index contributed by atoms with van der Waals surface area (Å²) < 4.78 is 98.9. The Morgan fingerprint density at radius 1 is 0.939 bits per heavy atom. The van der Waals surface area contributed by atoms with Crippen LogP contribution in [0.2, 0.25) is 0 Å². The van der Waals surface area contributed by atoms with E-state index in [9.17, 15) is 39.4 Å². The van der Waals surface area contributed by atoms with Crippen molar-refractivity contribution in [1.82, 2.24) is 9.78 Å². The predicted octanol–water partition coefficient (Wildman–Crippen LogP) is 3.09. The second kappa shape index (κ2) is 8.08. The number of halogens is 3. The summed E-state index contributed by atoms with van der Waals surface area (Å²) in [7, 11) is -7.81. The Morgan fingerprint density at radius 2 is 1.58 bits per heavy atom. The van der Waals surface area contributed by atoms with Crippen molar-refractivity contribution in [3.63, 3.8) is 0 Å². The topological polar surface area (TPSA) is 123 Å². The van der Waals surface area contributed by atoms with Crippen LogP contribution in [0.4, 0.5) is 13.2 Å². The third-order valence-corrected chi connectivity index (χ3v) is 6.87. The van der Waals surface area contributed by atoms with Crippen LogP contribution in [0.3, 0.4) is 0 Å². The van der Waals surface area contributed by atoms with Crippen LogP contribution >= 0.6 is 0 Å². The molecule has 3 aromatic rings. The maximum absolute atomic E-state index is 13.2. The van der Waals surface area contributed by atoms with E-state index in [0.717, 1.165) is 23.0 Å². The van der Waals surface area contributed by atoms with Crippen LogP contribution < -0.4 is 5.56 Å². The molecule has 0 radical (unpaired) electrons. The highest BCUT2D eigenvalue weighted by molar-refractivity contribution is 7.90. The van der Waals surface area contributed by atoms with Crippen molar-refractivity contribution in [3.05, 3.63) is 64.1 Å². The molecule has 176 valence electrons. The van der Waals surface area contributed by atoms with Gasteiger partial charge in [-0.15, -0.1) is 0 Å². The van der Waals surface area contributed by atoms with Crippen LogP contribution in [0, 0.1) is 6.92 Å². The van der Waals surface area contributed by atoms with Crippen LogP contribution in [0.15, 0.2) is 57.2 Å². The summed E-state index contributed by atoms with van der Waals surface area (Å²) in [5, 5.41) is 3.83. The molecule has 0 fully saturated rings. The van der Waals surface area contributed by atoms with E-state index in [4.69, 9.17) is 0 Å². The SMILES string of the molecule is Cc1ccc(S(=O)(=O)O)c(-c2c(-c3ccc(C(F)(F)F)cc3S(C)(=O)=O)cnn(C)c2=O)c1. The summed E-state index contributed by atoms with van der Waals surface area (Å²) in [6.07, 6.45) is -3.08. The second-order valence-corrected chi connectivity index (χ2v) is 10.7. The van der Waals surface area contributed by atoms with Gasteiger partial charge < -0.3 is 0 Å². The molecule has 0 aliphatic rings. The summed E-state index contributed by atoms with van der Waals surface area (Å²) in [6.45, 7) is 1.59. The minimum absolute atomic E-state index is 0.220. The van der Waals surface area contributed by atoms with Gasteiger partial charge in [-0.1, -0.05) is 17.7 Å². The lowest BCUT2D eigenvalue weighted by molar-refractivity contribution is -0.137. The van der Waals surface area contributed by atoms with Crippen molar-refractivity contribution in [2.45, 2.75) is 22.9 Å². The maximum atomic E-state index is 13.2.